The molecule has 1 fully saturated rings. The molecular weight excluding hydrogens is 347 g/mol. The summed E-state index contributed by atoms with van der Waals surface area (Å²) in [6.07, 6.45) is 0. The number of benzene rings is 2. The molecule has 1 aliphatic heterocycles. The number of ether oxygens (including phenoxy) is 1. The summed E-state index contributed by atoms with van der Waals surface area (Å²) in [6, 6.07) is 11.4. The van der Waals surface area contributed by atoms with Crippen LogP contribution < -0.4 is 5.32 Å². The van der Waals surface area contributed by atoms with Crippen molar-refractivity contribution in [1.82, 2.24) is 4.90 Å². The van der Waals surface area contributed by atoms with Crippen LogP contribution in [0.1, 0.15) is 26.3 Å². The second kappa shape index (κ2) is 6.96. The molecule has 0 spiro atoms. The molecule has 27 heavy (non-hydrogen) atoms. The predicted octanol–water partition coefficient (Wildman–Crippen LogP) is 3.17. The number of carbonyl (C=O) groups is 2. The number of morpholine rings is 1. The lowest BCUT2D eigenvalue weighted by Gasteiger charge is -2.34. The molecule has 2 aromatic rings. The topological polar surface area (TPSA) is 58.6 Å². The van der Waals surface area contributed by atoms with Crippen molar-refractivity contribution in [2.75, 3.05) is 31.6 Å². The van der Waals surface area contributed by atoms with E-state index in [9.17, 15) is 14.0 Å². The third-order valence-corrected chi connectivity index (χ3v) is 4.86. The van der Waals surface area contributed by atoms with E-state index in [1.807, 2.05) is 4.90 Å². The first-order chi connectivity index (χ1) is 13.1. The van der Waals surface area contributed by atoms with Gasteiger partial charge >= 0.3 is 0 Å². The van der Waals surface area contributed by atoms with Crippen LogP contribution in [0.15, 0.2) is 53.9 Å². The highest BCUT2D eigenvalue weighted by molar-refractivity contribution is 6.27. The van der Waals surface area contributed by atoms with Crippen molar-refractivity contribution in [3.63, 3.8) is 0 Å². The third-order valence-electron chi connectivity index (χ3n) is 4.86. The van der Waals surface area contributed by atoms with E-state index in [1.54, 1.807) is 43.3 Å². The summed E-state index contributed by atoms with van der Waals surface area (Å²) >= 11 is 0. The predicted molar refractivity (Wildman–Crippen MR) is 99.3 cm³/mol. The van der Waals surface area contributed by atoms with Gasteiger partial charge in [-0.1, -0.05) is 30.3 Å². The SMILES string of the molecule is Cc1ccc(NC2=C(N3CCOCC3)C(=O)c3ccccc3C2=O)cc1F. The Morgan fingerprint density at radius 3 is 2.33 bits per heavy atom. The molecule has 0 amide bonds. The van der Waals surface area contributed by atoms with Gasteiger partial charge in [-0.15, -0.1) is 0 Å². The summed E-state index contributed by atoms with van der Waals surface area (Å²) in [6.45, 7) is 3.68. The van der Waals surface area contributed by atoms with Crippen LogP contribution in [0.3, 0.4) is 0 Å². The van der Waals surface area contributed by atoms with Gasteiger partial charge in [0.05, 0.1) is 13.2 Å². The lowest BCUT2D eigenvalue weighted by molar-refractivity contribution is 0.0496. The van der Waals surface area contributed by atoms with Crippen LogP contribution >= 0.6 is 0 Å². The fraction of sp³-hybridized carbons (Fsp3) is 0.238. The van der Waals surface area contributed by atoms with Gasteiger partial charge in [0.2, 0.25) is 11.6 Å². The Morgan fingerprint density at radius 1 is 1.00 bits per heavy atom. The van der Waals surface area contributed by atoms with Gasteiger partial charge in [-0.3, -0.25) is 9.59 Å². The van der Waals surface area contributed by atoms with E-state index in [-0.39, 0.29) is 23.1 Å². The van der Waals surface area contributed by atoms with E-state index < -0.39 is 0 Å². The van der Waals surface area contributed by atoms with Crippen LogP contribution in [0.2, 0.25) is 0 Å². The molecule has 0 radical (unpaired) electrons. The fourth-order valence-electron chi connectivity index (χ4n) is 3.38. The second-order valence-corrected chi connectivity index (χ2v) is 6.62. The molecule has 1 N–H and O–H groups in total. The molecule has 0 saturated carbocycles. The molecule has 5 nitrogen and oxygen atoms in total. The number of rotatable bonds is 3. The number of carbonyl (C=O) groups excluding carboxylic acids is 2. The standard InChI is InChI=1S/C21H19FN2O3/c1-13-6-7-14(12-17(13)22)23-18-19(24-8-10-27-11-9-24)21(26)16-5-3-2-4-15(16)20(18)25/h2-7,12,23H,8-11H2,1H3. The van der Waals surface area contributed by atoms with Gasteiger partial charge < -0.3 is 15.0 Å². The molecule has 1 heterocycles. The lowest BCUT2D eigenvalue weighted by Crippen LogP contribution is -2.42. The zero-order valence-electron chi connectivity index (χ0n) is 14.9. The van der Waals surface area contributed by atoms with Crippen LogP contribution in [-0.2, 0) is 4.74 Å². The Morgan fingerprint density at radius 2 is 1.67 bits per heavy atom. The highest BCUT2D eigenvalue weighted by Gasteiger charge is 2.35. The molecule has 138 valence electrons. The van der Waals surface area contributed by atoms with Crippen molar-refractivity contribution in [2.45, 2.75) is 6.92 Å². The van der Waals surface area contributed by atoms with Crippen molar-refractivity contribution in [2.24, 2.45) is 0 Å². The molecule has 4 rings (SSSR count). The number of ketones is 2. The Bertz CT molecular complexity index is 962. The number of nitrogens with one attached hydrogen (secondary N) is 1. The van der Waals surface area contributed by atoms with Gasteiger partial charge in [-0.05, 0) is 24.6 Å². The van der Waals surface area contributed by atoms with E-state index in [0.717, 1.165) is 0 Å². The summed E-state index contributed by atoms with van der Waals surface area (Å²) in [5.74, 6) is -0.849. The summed E-state index contributed by atoms with van der Waals surface area (Å²) in [7, 11) is 0. The maximum atomic E-state index is 14.0. The van der Waals surface area contributed by atoms with Crippen molar-refractivity contribution >= 4 is 17.3 Å². The largest absolute Gasteiger partial charge is 0.378 e. The Labute approximate surface area is 156 Å². The molecule has 0 atom stereocenters. The monoisotopic (exact) mass is 366 g/mol. The van der Waals surface area contributed by atoms with Gasteiger partial charge in [-0.25, -0.2) is 4.39 Å². The van der Waals surface area contributed by atoms with Gasteiger partial charge in [0.1, 0.15) is 17.2 Å². The van der Waals surface area contributed by atoms with Gasteiger partial charge in [0.25, 0.3) is 0 Å². The summed E-state index contributed by atoms with van der Waals surface area (Å²) in [4.78, 5) is 28.2. The molecular formula is C21H19FN2O3. The number of aryl methyl sites for hydroxylation is 1. The first-order valence-corrected chi connectivity index (χ1v) is 8.85. The summed E-state index contributed by atoms with van der Waals surface area (Å²) in [5, 5.41) is 3.00. The number of halogens is 1. The summed E-state index contributed by atoms with van der Waals surface area (Å²) < 4.78 is 19.3. The van der Waals surface area contributed by atoms with Crippen LogP contribution in [0, 0.1) is 12.7 Å². The van der Waals surface area contributed by atoms with E-state index in [2.05, 4.69) is 5.32 Å². The van der Waals surface area contributed by atoms with Crippen molar-refractivity contribution in [3.8, 4) is 0 Å². The number of fused-ring (bicyclic) bond motifs is 1. The van der Waals surface area contributed by atoms with E-state index in [0.29, 0.717) is 54.4 Å². The zero-order chi connectivity index (χ0) is 19.0. The van der Waals surface area contributed by atoms with Crippen LogP contribution in [-0.4, -0.2) is 42.8 Å². The minimum atomic E-state index is -0.372. The fourth-order valence-corrected chi connectivity index (χ4v) is 3.38. The first kappa shape index (κ1) is 17.4. The number of hydrogen-bond acceptors (Lipinski definition) is 5. The minimum Gasteiger partial charge on any atom is -0.378 e. The average Bonchev–Trinajstić information content (AvgIpc) is 2.69. The van der Waals surface area contributed by atoms with E-state index in [4.69, 9.17) is 4.74 Å². The highest BCUT2D eigenvalue weighted by atomic mass is 19.1. The number of nitrogens with zero attached hydrogens (tertiary/aromatic N) is 1. The Kier molecular flexibility index (Phi) is 4.49. The van der Waals surface area contributed by atoms with Crippen molar-refractivity contribution in [3.05, 3.63) is 76.4 Å². The van der Waals surface area contributed by atoms with Crippen molar-refractivity contribution in [1.29, 1.82) is 0 Å². The maximum absolute atomic E-state index is 14.0. The molecule has 0 bridgehead atoms. The number of Topliss-reactive ketones (excluding diaryl/α,β-unsaturated/α-hetero) is 2. The molecule has 2 aromatic carbocycles. The zero-order valence-corrected chi connectivity index (χ0v) is 14.9. The third kappa shape index (κ3) is 3.13. The minimum absolute atomic E-state index is 0.184. The first-order valence-electron chi connectivity index (χ1n) is 8.85. The summed E-state index contributed by atoms with van der Waals surface area (Å²) in [5.41, 5.74) is 2.20. The van der Waals surface area contributed by atoms with Crippen LogP contribution in [0.5, 0.6) is 0 Å². The lowest BCUT2D eigenvalue weighted by atomic mass is 9.89. The molecule has 1 aliphatic carbocycles. The Hall–Kier alpha value is -2.99. The normalized spacial score (nSPS) is 17.2. The Balaban J connectivity index is 1.82. The van der Waals surface area contributed by atoms with Gasteiger partial charge in [0, 0.05) is 29.9 Å². The van der Waals surface area contributed by atoms with E-state index in [1.165, 1.54) is 6.07 Å². The number of anilines is 1. The molecule has 0 aromatic heterocycles. The van der Waals surface area contributed by atoms with Crippen molar-refractivity contribution < 1.29 is 18.7 Å². The smallest absolute Gasteiger partial charge is 0.212 e. The average molecular weight is 366 g/mol. The molecule has 1 saturated heterocycles. The maximum Gasteiger partial charge on any atom is 0.212 e. The highest BCUT2D eigenvalue weighted by Crippen LogP contribution is 2.30. The second-order valence-electron chi connectivity index (χ2n) is 6.62. The van der Waals surface area contributed by atoms with Crippen LogP contribution in [0.4, 0.5) is 10.1 Å². The molecule has 0 unspecified atom stereocenters. The van der Waals surface area contributed by atoms with E-state index >= 15 is 0 Å². The molecule has 2 aliphatic rings. The van der Waals surface area contributed by atoms with Crippen LogP contribution in [0.25, 0.3) is 0 Å². The van der Waals surface area contributed by atoms with Gasteiger partial charge in [-0.2, -0.15) is 0 Å². The number of allylic oxidation sites excluding steroid dienone is 2. The quantitative estimate of drug-likeness (QED) is 0.904. The number of hydrogen-bond donors (Lipinski definition) is 1. The molecule has 6 heteroatoms. The van der Waals surface area contributed by atoms with Gasteiger partial charge in [0.15, 0.2) is 0 Å².